The van der Waals surface area contributed by atoms with Gasteiger partial charge in [0, 0.05) is 12.5 Å². The van der Waals surface area contributed by atoms with E-state index in [-0.39, 0.29) is 5.76 Å². The van der Waals surface area contributed by atoms with Crippen LogP contribution in [0.4, 0.5) is 0 Å². The molecule has 0 fully saturated rings. The lowest BCUT2D eigenvalue weighted by molar-refractivity contribution is 0.345. The first kappa shape index (κ1) is 9.49. The van der Waals surface area contributed by atoms with Crippen molar-refractivity contribution in [1.82, 2.24) is 9.72 Å². The predicted molar refractivity (Wildman–Crippen MR) is 52.3 cm³/mol. The van der Waals surface area contributed by atoms with Crippen LogP contribution < -0.4 is 5.76 Å². The summed E-state index contributed by atoms with van der Waals surface area (Å²) in [6.45, 7) is 2.14. The zero-order valence-corrected chi connectivity index (χ0v) is 8.53. The van der Waals surface area contributed by atoms with Crippen molar-refractivity contribution < 1.29 is 4.52 Å². The van der Waals surface area contributed by atoms with E-state index in [1.54, 1.807) is 4.57 Å². The topological polar surface area (TPSA) is 48.0 Å². The Hall–Kier alpha value is -1.06. The summed E-state index contributed by atoms with van der Waals surface area (Å²) in [4.78, 5) is 11.4. The molecule has 1 atom stereocenters. The quantitative estimate of drug-likeness (QED) is 0.725. The lowest BCUT2D eigenvalue weighted by Crippen LogP contribution is -2.21. The average molecular weight is 196 g/mol. The zero-order valence-electron chi connectivity index (χ0n) is 8.53. The highest BCUT2D eigenvalue weighted by molar-refractivity contribution is 4.90. The van der Waals surface area contributed by atoms with Crippen LogP contribution in [0.5, 0.6) is 0 Å². The standard InChI is InChI=1S/C10H16N2O2/c1-2-5-8-6-3-4-7-9-11-14-10(13)12(8)9/h8H,2-7H2,1H3/t8-/m1/s1. The Morgan fingerprint density at radius 2 is 2.43 bits per heavy atom. The summed E-state index contributed by atoms with van der Waals surface area (Å²) < 4.78 is 6.47. The van der Waals surface area contributed by atoms with Crippen molar-refractivity contribution in [2.24, 2.45) is 0 Å². The molecule has 14 heavy (non-hydrogen) atoms. The molecule has 1 aliphatic rings. The van der Waals surface area contributed by atoms with E-state index in [4.69, 9.17) is 4.52 Å². The molecule has 0 aliphatic carbocycles. The second-order valence-electron chi connectivity index (χ2n) is 3.92. The third kappa shape index (κ3) is 1.61. The van der Waals surface area contributed by atoms with Crippen molar-refractivity contribution in [2.45, 2.75) is 51.5 Å². The normalized spacial score (nSPS) is 21.6. The van der Waals surface area contributed by atoms with Crippen molar-refractivity contribution in [3.8, 4) is 0 Å². The molecule has 1 aliphatic heterocycles. The third-order valence-corrected chi connectivity index (χ3v) is 2.88. The van der Waals surface area contributed by atoms with Crippen LogP contribution in [-0.4, -0.2) is 9.72 Å². The number of nitrogens with zero attached hydrogens (tertiary/aromatic N) is 2. The molecular formula is C10H16N2O2. The lowest BCUT2D eigenvalue weighted by Gasteiger charge is -2.14. The van der Waals surface area contributed by atoms with Gasteiger partial charge in [0.05, 0.1) is 0 Å². The molecule has 0 aromatic carbocycles. The number of rotatable bonds is 2. The maximum Gasteiger partial charge on any atom is 0.441 e. The van der Waals surface area contributed by atoms with E-state index in [2.05, 4.69) is 12.1 Å². The Kier molecular flexibility index (Phi) is 2.70. The van der Waals surface area contributed by atoms with Crippen LogP contribution in [0.3, 0.4) is 0 Å². The van der Waals surface area contributed by atoms with Crippen LogP contribution in [-0.2, 0) is 6.42 Å². The molecule has 4 nitrogen and oxygen atoms in total. The highest BCUT2D eigenvalue weighted by Crippen LogP contribution is 2.24. The summed E-state index contributed by atoms with van der Waals surface area (Å²) in [5.74, 6) is 0.561. The number of aryl methyl sites for hydroxylation is 1. The Morgan fingerprint density at radius 3 is 3.21 bits per heavy atom. The Bertz CT molecular complexity index is 353. The number of hydrogen-bond acceptors (Lipinski definition) is 3. The number of hydrogen-bond donors (Lipinski definition) is 0. The highest BCUT2D eigenvalue weighted by atomic mass is 16.5. The fraction of sp³-hybridized carbons (Fsp3) is 0.800. The first-order valence-corrected chi connectivity index (χ1v) is 5.40. The maximum absolute atomic E-state index is 11.4. The van der Waals surface area contributed by atoms with Gasteiger partial charge in [0.2, 0.25) is 0 Å². The van der Waals surface area contributed by atoms with Gasteiger partial charge >= 0.3 is 5.76 Å². The summed E-state index contributed by atoms with van der Waals surface area (Å²) in [5.41, 5.74) is 0. The minimum Gasteiger partial charge on any atom is -0.296 e. The molecule has 4 heteroatoms. The molecule has 1 aromatic heterocycles. The largest absolute Gasteiger partial charge is 0.441 e. The molecule has 0 unspecified atom stereocenters. The monoisotopic (exact) mass is 196 g/mol. The molecule has 2 rings (SSSR count). The SMILES string of the molecule is CCC[C@@H]1CCCCc2noc(=O)n21. The van der Waals surface area contributed by atoms with E-state index in [1.165, 1.54) is 6.42 Å². The van der Waals surface area contributed by atoms with Crippen molar-refractivity contribution in [3.05, 3.63) is 16.4 Å². The van der Waals surface area contributed by atoms with Crippen molar-refractivity contribution in [2.75, 3.05) is 0 Å². The molecular weight excluding hydrogens is 180 g/mol. The molecule has 1 aromatic rings. The molecule has 0 bridgehead atoms. The van der Waals surface area contributed by atoms with Gasteiger partial charge in [-0.25, -0.2) is 4.79 Å². The van der Waals surface area contributed by atoms with Gasteiger partial charge in [-0.15, -0.1) is 0 Å². The molecule has 0 spiro atoms. The van der Waals surface area contributed by atoms with E-state index >= 15 is 0 Å². The van der Waals surface area contributed by atoms with Crippen LogP contribution in [0.25, 0.3) is 0 Å². The fourth-order valence-corrected chi connectivity index (χ4v) is 2.21. The van der Waals surface area contributed by atoms with Crippen molar-refractivity contribution in [1.29, 1.82) is 0 Å². The molecule has 2 heterocycles. The van der Waals surface area contributed by atoms with E-state index in [1.807, 2.05) is 0 Å². The van der Waals surface area contributed by atoms with E-state index in [0.717, 1.165) is 37.9 Å². The smallest absolute Gasteiger partial charge is 0.296 e. The van der Waals surface area contributed by atoms with Gasteiger partial charge in [0.15, 0.2) is 5.82 Å². The molecule has 0 saturated carbocycles. The second kappa shape index (κ2) is 3.98. The van der Waals surface area contributed by atoms with E-state index < -0.39 is 0 Å². The first-order valence-electron chi connectivity index (χ1n) is 5.40. The molecule has 0 saturated heterocycles. The Morgan fingerprint density at radius 1 is 1.57 bits per heavy atom. The van der Waals surface area contributed by atoms with Gasteiger partial charge in [-0.1, -0.05) is 24.9 Å². The number of aromatic nitrogens is 2. The second-order valence-corrected chi connectivity index (χ2v) is 3.92. The summed E-state index contributed by atoms with van der Waals surface area (Å²) >= 11 is 0. The van der Waals surface area contributed by atoms with E-state index in [0.29, 0.717) is 6.04 Å². The van der Waals surface area contributed by atoms with Crippen molar-refractivity contribution in [3.63, 3.8) is 0 Å². The van der Waals surface area contributed by atoms with Crippen LogP contribution in [0, 0.1) is 0 Å². The van der Waals surface area contributed by atoms with E-state index in [9.17, 15) is 4.79 Å². The minimum absolute atomic E-state index is 0.277. The van der Waals surface area contributed by atoms with Crippen LogP contribution >= 0.6 is 0 Å². The summed E-state index contributed by atoms with van der Waals surface area (Å²) in [5, 5.41) is 3.82. The molecule has 78 valence electrons. The first-order chi connectivity index (χ1) is 6.83. The van der Waals surface area contributed by atoms with Gasteiger partial charge < -0.3 is 0 Å². The van der Waals surface area contributed by atoms with Gasteiger partial charge in [-0.05, 0) is 19.3 Å². The summed E-state index contributed by atoms with van der Waals surface area (Å²) in [6, 6.07) is 0.316. The van der Waals surface area contributed by atoms with Crippen molar-refractivity contribution >= 4 is 0 Å². The Balaban J connectivity index is 2.35. The third-order valence-electron chi connectivity index (χ3n) is 2.88. The zero-order chi connectivity index (χ0) is 9.97. The Labute approximate surface area is 82.9 Å². The predicted octanol–water partition coefficient (Wildman–Crippen LogP) is 1.90. The highest BCUT2D eigenvalue weighted by Gasteiger charge is 2.21. The maximum atomic E-state index is 11.4. The fourth-order valence-electron chi connectivity index (χ4n) is 2.21. The molecule has 0 radical (unpaired) electrons. The minimum atomic E-state index is -0.277. The van der Waals surface area contributed by atoms with Gasteiger partial charge in [0.1, 0.15) is 0 Å². The van der Waals surface area contributed by atoms with Gasteiger partial charge in [-0.3, -0.25) is 9.09 Å². The van der Waals surface area contributed by atoms with Crippen LogP contribution in [0.1, 0.15) is 50.9 Å². The summed E-state index contributed by atoms with van der Waals surface area (Å²) in [7, 11) is 0. The van der Waals surface area contributed by atoms with Gasteiger partial charge in [-0.2, -0.15) is 0 Å². The number of fused-ring (bicyclic) bond motifs is 1. The van der Waals surface area contributed by atoms with Crippen LogP contribution in [0.15, 0.2) is 9.32 Å². The lowest BCUT2D eigenvalue weighted by atomic mass is 10.1. The summed E-state index contributed by atoms with van der Waals surface area (Å²) in [6.07, 6.45) is 6.42. The average Bonchev–Trinajstić information content (AvgIpc) is 2.43. The molecule has 0 amide bonds. The van der Waals surface area contributed by atoms with Gasteiger partial charge in [0.25, 0.3) is 0 Å². The van der Waals surface area contributed by atoms with Crippen LogP contribution in [0.2, 0.25) is 0 Å². The molecule has 0 N–H and O–H groups in total.